The van der Waals surface area contributed by atoms with Crippen LogP contribution in [0.3, 0.4) is 0 Å². The molecule has 2 heterocycles. The molecule has 2 aliphatic rings. The topological polar surface area (TPSA) is 98.6 Å². The van der Waals surface area contributed by atoms with Crippen LogP contribution in [0.5, 0.6) is 0 Å². The standard InChI is InChI=1S/C11H12F3N3O5S2/c12-11(13,14)24(20,21)22-16-3-4-23(18,19)10(7-16)8-5-15-17(6-8)9-1-2-9/h5-7,9H,1-4H2. The van der Waals surface area contributed by atoms with Crippen LogP contribution >= 0.6 is 0 Å². The molecule has 8 nitrogen and oxygen atoms in total. The molecule has 24 heavy (non-hydrogen) atoms. The number of hydrogen-bond donors (Lipinski definition) is 0. The van der Waals surface area contributed by atoms with Crippen molar-refractivity contribution in [2.75, 3.05) is 12.3 Å². The lowest BCUT2D eigenvalue weighted by molar-refractivity contribution is -0.0811. The van der Waals surface area contributed by atoms with Crippen molar-refractivity contribution in [3.8, 4) is 0 Å². The Bertz CT molecular complexity index is 884. The highest BCUT2D eigenvalue weighted by Crippen LogP contribution is 2.36. The summed E-state index contributed by atoms with van der Waals surface area (Å²) in [5.74, 6) is -0.583. The number of hydrogen-bond acceptors (Lipinski definition) is 7. The van der Waals surface area contributed by atoms with E-state index in [1.54, 1.807) is 4.68 Å². The minimum absolute atomic E-state index is 0.166. The van der Waals surface area contributed by atoms with Crippen molar-refractivity contribution in [1.82, 2.24) is 14.8 Å². The van der Waals surface area contributed by atoms with E-state index in [4.69, 9.17) is 0 Å². The largest absolute Gasteiger partial charge is 0.525 e. The van der Waals surface area contributed by atoms with Gasteiger partial charge >= 0.3 is 15.6 Å². The summed E-state index contributed by atoms with van der Waals surface area (Å²) in [5.41, 5.74) is -5.44. The summed E-state index contributed by atoms with van der Waals surface area (Å²) in [4.78, 5) is -0.335. The number of sulfone groups is 1. The van der Waals surface area contributed by atoms with E-state index in [0.29, 0.717) is 5.06 Å². The number of halogens is 3. The lowest BCUT2D eigenvalue weighted by Gasteiger charge is -2.25. The van der Waals surface area contributed by atoms with E-state index in [2.05, 4.69) is 9.38 Å². The second-order valence-corrected chi connectivity index (χ2v) is 8.97. The normalized spacial score (nSPS) is 21.6. The Hall–Kier alpha value is -1.60. The predicted octanol–water partition coefficient (Wildman–Crippen LogP) is 1.03. The van der Waals surface area contributed by atoms with Crippen molar-refractivity contribution in [3.63, 3.8) is 0 Å². The first-order chi connectivity index (χ1) is 11.0. The molecule has 1 aromatic rings. The summed E-state index contributed by atoms with van der Waals surface area (Å²) in [6.45, 7) is -0.544. The van der Waals surface area contributed by atoms with Gasteiger partial charge in [0.15, 0.2) is 9.84 Å². The molecule has 0 unspecified atom stereocenters. The third-order valence-electron chi connectivity index (χ3n) is 3.46. The Balaban J connectivity index is 1.91. The van der Waals surface area contributed by atoms with E-state index in [1.807, 2.05) is 0 Å². The van der Waals surface area contributed by atoms with E-state index in [9.17, 15) is 30.0 Å². The maximum atomic E-state index is 12.4. The molecule has 0 aromatic carbocycles. The van der Waals surface area contributed by atoms with Gasteiger partial charge in [-0.15, -0.1) is 4.28 Å². The second kappa shape index (κ2) is 5.46. The molecular formula is C11H12F3N3O5S2. The monoisotopic (exact) mass is 387 g/mol. The third-order valence-corrected chi connectivity index (χ3v) is 6.15. The molecular weight excluding hydrogens is 375 g/mol. The van der Waals surface area contributed by atoms with Crippen molar-refractivity contribution in [1.29, 1.82) is 0 Å². The molecule has 1 aliphatic heterocycles. The van der Waals surface area contributed by atoms with Crippen molar-refractivity contribution in [3.05, 3.63) is 24.2 Å². The fraction of sp³-hybridized carbons (Fsp3) is 0.545. The van der Waals surface area contributed by atoms with Gasteiger partial charge in [0.1, 0.15) is 0 Å². The summed E-state index contributed by atoms with van der Waals surface area (Å²) in [7, 11) is -9.66. The first-order valence-corrected chi connectivity index (χ1v) is 9.82. The average Bonchev–Trinajstić information content (AvgIpc) is 3.18. The van der Waals surface area contributed by atoms with Gasteiger partial charge in [0.05, 0.1) is 29.4 Å². The lowest BCUT2D eigenvalue weighted by Crippen LogP contribution is -2.37. The summed E-state index contributed by atoms with van der Waals surface area (Å²) in [6, 6.07) is 0.184. The third kappa shape index (κ3) is 3.28. The van der Waals surface area contributed by atoms with Gasteiger partial charge < -0.3 is 0 Å². The molecule has 1 aliphatic carbocycles. The Morgan fingerprint density at radius 1 is 1.29 bits per heavy atom. The number of nitrogens with zero attached hydrogens (tertiary/aromatic N) is 3. The van der Waals surface area contributed by atoms with Crippen LogP contribution < -0.4 is 0 Å². The van der Waals surface area contributed by atoms with Crippen LogP contribution in [-0.2, 0) is 24.2 Å². The van der Waals surface area contributed by atoms with Crippen LogP contribution in [-0.4, -0.2) is 49.5 Å². The van der Waals surface area contributed by atoms with E-state index < -0.39 is 37.8 Å². The maximum Gasteiger partial charge on any atom is 0.525 e. The highest BCUT2D eigenvalue weighted by Gasteiger charge is 2.49. The quantitative estimate of drug-likeness (QED) is 0.712. The van der Waals surface area contributed by atoms with Crippen LogP contribution in [0, 0.1) is 0 Å². The van der Waals surface area contributed by atoms with Crippen LogP contribution in [0.4, 0.5) is 13.2 Å². The van der Waals surface area contributed by atoms with Gasteiger partial charge in [-0.05, 0) is 12.8 Å². The zero-order chi connectivity index (χ0) is 17.8. The zero-order valence-electron chi connectivity index (χ0n) is 12.0. The first-order valence-electron chi connectivity index (χ1n) is 6.76. The molecule has 3 rings (SSSR count). The van der Waals surface area contributed by atoms with Gasteiger partial charge in [-0.2, -0.15) is 26.7 Å². The van der Waals surface area contributed by atoms with Gasteiger partial charge in [0.2, 0.25) is 0 Å². The molecule has 0 amide bonds. The fourth-order valence-electron chi connectivity index (χ4n) is 2.08. The lowest BCUT2D eigenvalue weighted by atomic mass is 10.3. The van der Waals surface area contributed by atoms with Gasteiger partial charge in [-0.1, -0.05) is 0 Å². The number of aromatic nitrogens is 2. The Labute approximate surface area is 135 Å². The predicted molar refractivity (Wildman–Crippen MR) is 75.0 cm³/mol. The summed E-state index contributed by atoms with van der Waals surface area (Å²) < 4.78 is 89.0. The van der Waals surface area contributed by atoms with E-state index in [1.165, 1.54) is 12.4 Å². The first kappa shape index (κ1) is 17.2. The average molecular weight is 387 g/mol. The molecule has 1 saturated carbocycles. The SMILES string of the molecule is O=S1(=O)CCN(OS(=O)(=O)C(F)(F)F)C=C1c1cnn(C2CC2)c1. The molecule has 0 saturated heterocycles. The zero-order valence-corrected chi connectivity index (χ0v) is 13.6. The Morgan fingerprint density at radius 3 is 2.54 bits per heavy atom. The van der Waals surface area contributed by atoms with Gasteiger partial charge in [-0.25, -0.2) is 13.5 Å². The van der Waals surface area contributed by atoms with Gasteiger partial charge in [-0.3, -0.25) is 4.68 Å². The van der Waals surface area contributed by atoms with Crippen molar-refractivity contribution in [2.45, 2.75) is 24.4 Å². The molecule has 0 bridgehead atoms. The van der Waals surface area contributed by atoms with Crippen molar-refractivity contribution in [2.24, 2.45) is 0 Å². The molecule has 0 atom stereocenters. The molecule has 13 heteroatoms. The number of hydroxylamine groups is 2. The van der Waals surface area contributed by atoms with Crippen molar-refractivity contribution < 1.29 is 34.3 Å². The highest BCUT2D eigenvalue weighted by molar-refractivity contribution is 8.00. The minimum Gasteiger partial charge on any atom is -0.269 e. The Kier molecular flexibility index (Phi) is 3.92. The summed E-state index contributed by atoms with van der Waals surface area (Å²) in [5, 5.41) is 4.37. The van der Waals surface area contributed by atoms with Crippen molar-refractivity contribution >= 4 is 24.9 Å². The Morgan fingerprint density at radius 2 is 1.96 bits per heavy atom. The molecule has 0 radical (unpaired) electrons. The minimum atomic E-state index is -5.87. The second-order valence-electron chi connectivity index (χ2n) is 5.37. The van der Waals surface area contributed by atoms with E-state index in [0.717, 1.165) is 19.0 Å². The molecule has 0 N–H and O–H groups in total. The molecule has 134 valence electrons. The smallest absolute Gasteiger partial charge is 0.269 e. The summed E-state index contributed by atoms with van der Waals surface area (Å²) in [6.07, 6.45) is 5.28. The summed E-state index contributed by atoms with van der Waals surface area (Å²) >= 11 is 0. The van der Waals surface area contributed by atoms with Crippen LogP contribution in [0.25, 0.3) is 4.91 Å². The van der Waals surface area contributed by atoms with Crippen LogP contribution in [0.2, 0.25) is 0 Å². The maximum absolute atomic E-state index is 12.4. The molecule has 1 fully saturated rings. The molecule has 1 aromatic heterocycles. The fourth-order valence-corrected chi connectivity index (χ4v) is 3.92. The number of alkyl halides is 3. The van der Waals surface area contributed by atoms with E-state index >= 15 is 0 Å². The van der Waals surface area contributed by atoms with E-state index in [-0.39, 0.29) is 16.5 Å². The van der Waals surface area contributed by atoms with Crippen LogP contribution in [0.1, 0.15) is 24.4 Å². The highest BCUT2D eigenvalue weighted by atomic mass is 32.2. The van der Waals surface area contributed by atoms with Crippen LogP contribution in [0.15, 0.2) is 18.6 Å². The number of rotatable bonds is 4. The van der Waals surface area contributed by atoms with Gasteiger partial charge in [0, 0.05) is 18.0 Å². The van der Waals surface area contributed by atoms with Gasteiger partial charge in [0.25, 0.3) is 0 Å². The molecule has 0 spiro atoms.